The fourth-order valence-electron chi connectivity index (χ4n) is 4.19. The summed E-state index contributed by atoms with van der Waals surface area (Å²) in [6.07, 6.45) is 5.03. The quantitative estimate of drug-likeness (QED) is 0.429. The number of benzene rings is 1. The molecule has 0 aliphatic carbocycles. The van der Waals surface area contributed by atoms with Gasteiger partial charge in [0.05, 0.1) is 30.5 Å². The molecule has 0 saturated heterocycles. The van der Waals surface area contributed by atoms with Crippen molar-refractivity contribution in [3.05, 3.63) is 100 Å². The van der Waals surface area contributed by atoms with E-state index in [0.29, 0.717) is 11.4 Å². The van der Waals surface area contributed by atoms with Crippen molar-refractivity contribution in [1.29, 1.82) is 0 Å². The Morgan fingerprint density at radius 3 is 2.58 bits per heavy atom. The number of carbonyl (C=O) groups excluding carboxylic acids is 2. The van der Waals surface area contributed by atoms with Crippen LogP contribution in [-0.2, 0) is 20.9 Å². The Morgan fingerprint density at radius 2 is 1.91 bits per heavy atom. The SMILES string of the molecule is COC(=O)C1=C(C)N(Cc2cccnc2)C(=O)/C1=C\c1cc(C)n(-c2ccccc2F)c1C. The van der Waals surface area contributed by atoms with E-state index in [4.69, 9.17) is 4.74 Å². The van der Waals surface area contributed by atoms with Gasteiger partial charge in [-0.2, -0.15) is 0 Å². The Balaban J connectivity index is 1.80. The minimum absolute atomic E-state index is 0.224. The van der Waals surface area contributed by atoms with Gasteiger partial charge in [0.1, 0.15) is 5.82 Å². The van der Waals surface area contributed by atoms with Gasteiger partial charge in [0.15, 0.2) is 0 Å². The fourth-order valence-corrected chi connectivity index (χ4v) is 4.19. The molecular formula is C26H24FN3O3. The van der Waals surface area contributed by atoms with E-state index in [1.807, 2.05) is 26.0 Å². The molecule has 1 aliphatic heterocycles. The van der Waals surface area contributed by atoms with Crippen LogP contribution in [0.25, 0.3) is 11.8 Å². The number of hydrogen-bond donors (Lipinski definition) is 0. The summed E-state index contributed by atoms with van der Waals surface area (Å²) < 4.78 is 21.2. The molecule has 0 N–H and O–H groups in total. The van der Waals surface area contributed by atoms with Crippen LogP contribution in [0.1, 0.15) is 29.4 Å². The van der Waals surface area contributed by atoms with Crippen LogP contribution in [0.2, 0.25) is 0 Å². The van der Waals surface area contributed by atoms with E-state index in [1.165, 1.54) is 13.2 Å². The van der Waals surface area contributed by atoms with E-state index >= 15 is 0 Å². The molecule has 168 valence electrons. The number of esters is 1. The molecule has 4 rings (SSSR count). The third-order valence-corrected chi connectivity index (χ3v) is 5.83. The van der Waals surface area contributed by atoms with E-state index in [9.17, 15) is 14.0 Å². The molecule has 2 aromatic heterocycles. The van der Waals surface area contributed by atoms with Gasteiger partial charge in [-0.05, 0) is 62.2 Å². The summed E-state index contributed by atoms with van der Waals surface area (Å²) in [5.41, 5.74) is 4.54. The van der Waals surface area contributed by atoms with Gasteiger partial charge in [0, 0.05) is 29.5 Å². The van der Waals surface area contributed by atoms with Gasteiger partial charge in [-0.3, -0.25) is 9.78 Å². The molecule has 33 heavy (non-hydrogen) atoms. The average Bonchev–Trinajstić information content (AvgIpc) is 3.21. The molecule has 1 amide bonds. The Kier molecular flexibility index (Phi) is 5.96. The lowest BCUT2D eigenvalue weighted by Gasteiger charge is -2.17. The van der Waals surface area contributed by atoms with Crippen LogP contribution in [0.5, 0.6) is 0 Å². The Morgan fingerprint density at radius 1 is 1.15 bits per heavy atom. The number of methoxy groups -OCH3 is 1. The number of amides is 1. The van der Waals surface area contributed by atoms with Crippen LogP contribution in [-0.4, -0.2) is 33.4 Å². The number of allylic oxidation sites excluding steroid dienone is 1. The summed E-state index contributed by atoms with van der Waals surface area (Å²) in [5.74, 6) is -1.22. The monoisotopic (exact) mass is 445 g/mol. The maximum absolute atomic E-state index is 14.5. The second kappa shape index (κ2) is 8.86. The number of nitrogens with zero attached hydrogens (tertiary/aromatic N) is 3. The smallest absolute Gasteiger partial charge is 0.340 e. The van der Waals surface area contributed by atoms with E-state index in [0.717, 1.165) is 22.5 Å². The van der Waals surface area contributed by atoms with Crippen molar-refractivity contribution >= 4 is 18.0 Å². The van der Waals surface area contributed by atoms with Crippen molar-refractivity contribution in [2.75, 3.05) is 7.11 Å². The minimum Gasteiger partial charge on any atom is -0.465 e. The maximum atomic E-state index is 14.5. The highest BCUT2D eigenvalue weighted by molar-refractivity contribution is 6.16. The lowest BCUT2D eigenvalue weighted by Crippen LogP contribution is -2.24. The average molecular weight is 445 g/mol. The first-order valence-electron chi connectivity index (χ1n) is 10.5. The number of rotatable bonds is 5. The highest BCUT2D eigenvalue weighted by Gasteiger charge is 2.37. The number of aryl methyl sites for hydroxylation is 1. The summed E-state index contributed by atoms with van der Waals surface area (Å²) in [5, 5.41) is 0. The molecule has 0 spiro atoms. The van der Waals surface area contributed by atoms with Crippen molar-refractivity contribution in [2.24, 2.45) is 0 Å². The zero-order chi connectivity index (χ0) is 23.7. The summed E-state index contributed by atoms with van der Waals surface area (Å²) >= 11 is 0. The molecule has 7 heteroatoms. The molecule has 0 fully saturated rings. The standard InChI is InChI=1S/C26H24FN3O3/c1-16-12-20(17(2)30(16)23-10-6-5-9-22(23)27)13-21-24(26(32)33-4)18(3)29(25(21)31)15-19-8-7-11-28-14-19/h5-14H,15H2,1-4H3/b21-13-. The zero-order valence-corrected chi connectivity index (χ0v) is 18.9. The van der Waals surface area contributed by atoms with Gasteiger partial charge < -0.3 is 14.2 Å². The third kappa shape index (κ3) is 3.98. The van der Waals surface area contributed by atoms with Crippen LogP contribution in [0.15, 0.2) is 71.7 Å². The molecule has 0 radical (unpaired) electrons. The predicted octanol–water partition coefficient (Wildman–Crippen LogP) is 4.50. The normalized spacial score (nSPS) is 15.0. The molecule has 3 aromatic rings. The fraction of sp³-hybridized carbons (Fsp3) is 0.192. The van der Waals surface area contributed by atoms with Crippen LogP contribution in [0.3, 0.4) is 0 Å². The Hall–Kier alpha value is -4.00. The van der Waals surface area contributed by atoms with Crippen molar-refractivity contribution in [3.63, 3.8) is 0 Å². The van der Waals surface area contributed by atoms with Gasteiger partial charge in [0.25, 0.3) is 5.91 Å². The molecule has 0 saturated carbocycles. The number of aromatic nitrogens is 2. The Labute approximate surface area is 191 Å². The van der Waals surface area contributed by atoms with Crippen molar-refractivity contribution in [2.45, 2.75) is 27.3 Å². The highest BCUT2D eigenvalue weighted by Crippen LogP contribution is 2.34. The summed E-state index contributed by atoms with van der Waals surface area (Å²) in [4.78, 5) is 31.7. The number of carbonyl (C=O) groups is 2. The van der Waals surface area contributed by atoms with E-state index in [2.05, 4.69) is 4.98 Å². The van der Waals surface area contributed by atoms with Crippen LogP contribution < -0.4 is 0 Å². The summed E-state index contributed by atoms with van der Waals surface area (Å²) in [7, 11) is 1.29. The van der Waals surface area contributed by atoms with Gasteiger partial charge in [-0.1, -0.05) is 18.2 Å². The van der Waals surface area contributed by atoms with Gasteiger partial charge >= 0.3 is 5.97 Å². The first-order valence-corrected chi connectivity index (χ1v) is 10.5. The van der Waals surface area contributed by atoms with E-state index < -0.39 is 5.97 Å². The molecule has 0 unspecified atom stereocenters. The molecule has 0 atom stereocenters. The second-order valence-electron chi connectivity index (χ2n) is 7.88. The first-order chi connectivity index (χ1) is 15.8. The molecule has 1 aromatic carbocycles. The summed E-state index contributed by atoms with van der Waals surface area (Å²) in [6, 6.07) is 12.1. The van der Waals surface area contributed by atoms with Crippen LogP contribution >= 0.6 is 0 Å². The van der Waals surface area contributed by atoms with Crippen molar-refractivity contribution < 1.29 is 18.7 Å². The highest BCUT2D eigenvalue weighted by atomic mass is 19.1. The number of para-hydroxylation sites is 1. The second-order valence-corrected chi connectivity index (χ2v) is 7.88. The zero-order valence-electron chi connectivity index (χ0n) is 18.9. The molecule has 6 nitrogen and oxygen atoms in total. The number of hydrogen-bond acceptors (Lipinski definition) is 4. The van der Waals surface area contributed by atoms with Gasteiger partial charge in [0.2, 0.25) is 0 Å². The molecule has 3 heterocycles. The summed E-state index contributed by atoms with van der Waals surface area (Å²) in [6.45, 7) is 5.73. The lowest BCUT2D eigenvalue weighted by molar-refractivity contribution is -0.136. The molecular weight excluding hydrogens is 421 g/mol. The molecule has 1 aliphatic rings. The number of pyridine rings is 1. The van der Waals surface area contributed by atoms with Gasteiger partial charge in [-0.25, -0.2) is 9.18 Å². The topological polar surface area (TPSA) is 64.4 Å². The van der Waals surface area contributed by atoms with E-state index in [1.54, 1.807) is 59.1 Å². The van der Waals surface area contributed by atoms with Crippen LogP contribution in [0.4, 0.5) is 4.39 Å². The minimum atomic E-state index is -0.580. The first kappa shape index (κ1) is 22.2. The van der Waals surface area contributed by atoms with Crippen molar-refractivity contribution in [1.82, 2.24) is 14.5 Å². The number of halogens is 1. The largest absolute Gasteiger partial charge is 0.465 e. The van der Waals surface area contributed by atoms with E-state index in [-0.39, 0.29) is 29.4 Å². The van der Waals surface area contributed by atoms with Gasteiger partial charge in [-0.15, -0.1) is 0 Å². The molecule has 0 bridgehead atoms. The van der Waals surface area contributed by atoms with Crippen LogP contribution in [0, 0.1) is 19.7 Å². The maximum Gasteiger partial charge on any atom is 0.340 e. The number of ether oxygens (including phenoxy) is 1. The van der Waals surface area contributed by atoms with Crippen molar-refractivity contribution in [3.8, 4) is 5.69 Å². The predicted molar refractivity (Wildman–Crippen MR) is 123 cm³/mol. The third-order valence-electron chi connectivity index (χ3n) is 5.83. The lowest BCUT2D eigenvalue weighted by atomic mass is 10.0. The Bertz CT molecular complexity index is 1310.